The average Bonchev–Trinajstić information content (AvgIpc) is 2.79. The number of nitrogens with zero attached hydrogens (tertiary/aromatic N) is 2. The molecule has 2 N–H and O–H groups in total. The zero-order valence-corrected chi connectivity index (χ0v) is 13.6. The van der Waals surface area contributed by atoms with E-state index in [0.717, 1.165) is 38.2 Å². The number of thiazole rings is 1. The molecule has 116 valence electrons. The number of ether oxygens (including phenoxy) is 1. The van der Waals surface area contributed by atoms with E-state index in [1.165, 1.54) is 16.1 Å². The number of rotatable bonds is 4. The summed E-state index contributed by atoms with van der Waals surface area (Å²) in [6, 6.07) is 8.11. The molecule has 4 nitrogen and oxygen atoms in total. The summed E-state index contributed by atoms with van der Waals surface area (Å²) in [7, 11) is 1.69. The van der Waals surface area contributed by atoms with E-state index in [0.29, 0.717) is 5.13 Å². The second-order valence-corrected chi connectivity index (χ2v) is 6.52. The molecule has 2 heterocycles. The van der Waals surface area contributed by atoms with Gasteiger partial charge >= 0.3 is 0 Å². The summed E-state index contributed by atoms with van der Waals surface area (Å²) >= 11 is 1.64. The van der Waals surface area contributed by atoms with E-state index >= 15 is 0 Å². The fraction of sp³-hybridized carbons (Fsp3) is 0.353. The van der Waals surface area contributed by atoms with Gasteiger partial charge in [0.1, 0.15) is 5.75 Å². The van der Waals surface area contributed by atoms with Gasteiger partial charge in [0.15, 0.2) is 5.13 Å². The molecule has 0 bridgehead atoms. The van der Waals surface area contributed by atoms with Gasteiger partial charge in [-0.3, -0.25) is 4.90 Å². The van der Waals surface area contributed by atoms with Crippen LogP contribution in [0.5, 0.6) is 5.75 Å². The van der Waals surface area contributed by atoms with Crippen LogP contribution in [0.25, 0.3) is 6.08 Å². The van der Waals surface area contributed by atoms with E-state index in [9.17, 15) is 0 Å². The fourth-order valence-electron chi connectivity index (χ4n) is 2.70. The summed E-state index contributed by atoms with van der Waals surface area (Å²) in [6.45, 7) is 3.07. The molecule has 0 spiro atoms. The highest BCUT2D eigenvalue weighted by atomic mass is 32.1. The van der Waals surface area contributed by atoms with Crippen LogP contribution in [-0.4, -0.2) is 36.6 Å². The summed E-state index contributed by atoms with van der Waals surface area (Å²) in [4.78, 5) is 8.25. The zero-order chi connectivity index (χ0) is 15.4. The lowest BCUT2D eigenvalue weighted by molar-refractivity contribution is 0.318. The number of methoxy groups -OCH3 is 1. The van der Waals surface area contributed by atoms with Gasteiger partial charge in [0.05, 0.1) is 12.8 Å². The normalized spacial score (nSPS) is 15.7. The molecule has 1 aliphatic heterocycles. The lowest BCUT2D eigenvalue weighted by atomic mass is 10.2. The molecule has 0 unspecified atom stereocenters. The van der Waals surface area contributed by atoms with E-state index in [-0.39, 0.29) is 0 Å². The number of hydrogen-bond donors (Lipinski definition) is 1. The average molecular weight is 315 g/mol. The molecule has 5 heteroatoms. The molecular formula is C17H21N3OS. The van der Waals surface area contributed by atoms with Gasteiger partial charge in [0, 0.05) is 30.9 Å². The van der Waals surface area contributed by atoms with E-state index in [1.807, 2.05) is 18.2 Å². The van der Waals surface area contributed by atoms with Crippen LogP contribution in [-0.2, 0) is 12.8 Å². The lowest BCUT2D eigenvalue weighted by Crippen LogP contribution is -2.26. The Morgan fingerprint density at radius 2 is 2.23 bits per heavy atom. The van der Waals surface area contributed by atoms with Crippen LogP contribution in [0, 0.1) is 0 Å². The Bertz CT molecular complexity index is 640. The lowest BCUT2D eigenvalue weighted by Gasteiger charge is -2.17. The van der Waals surface area contributed by atoms with Crippen molar-refractivity contribution in [3.05, 3.63) is 46.5 Å². The van der Waals surface area contributed by atoms with Crippen LogP contribution in [0.15, 0.2) is 30.3 Å². The first-order valence-electron chi connectivity index (χ1n) is 7.51. The third-order valence-corrected chi connectivity index (χ3v) is 4.87. The van der Waals surface area contributed by atoms with E-state index in [1.54, 1.807) is 18.4 Å². The van der Waals surface area contributed by atoms with E-state index in [4.69, 9.17) is 10.5 Å². The quantitative estimate of drug-likeness (QED) is 0.942. The third kappa shape index (κ3) is 3.67. The molecule has 3 rings (SSSR count). The van der Waals surface area contributed by atoms with Crippen LogP contribution >= 0.6 is 11.3 Å². The second-order valence-electron chi connectivity index (χ2n) is 5.40. The molecule has 0 amide bonds. The number of nitrogen functional groups attached to an aromatic ring is 1. The maximum atomic E-state index is 5.78. The van der Waals surface area contributed by atoms with Gasteiger partial charge in [-0.2, -0.15) is 0 Å². The highest BCUT2D eigenvalue weighted by molar-refractivity contribution is 7.15. The molecule has 0 saturated carbocycles. The fourth-order valence-corrected chi connectivity index (χ4v) is 3.56. The predicted molar refractivity (Wildman–Crippen MR) is 92.4 cm³/mol. The highest BCUT2D eigenvalue weighted by Gasteiger charge is 2.16. The Morgan fingerprint density at radius 1 is 1.36 bits per heavy atom. The van der Waals surface area contributed by atoms with Gasteiger partial charge in [0.2, 0.25) is 0 Å². The van der Waals surface area contributed by atoms with Gasteiger partial charge in [-0.25, -0.2) is 4.98 Å². The van der Waals surface area contributed by atoms with Crippen molar-refractivity contribution in [1.29, 1.82) is 0 Å². The van der Waals surface area contributed by atoms with Gasteiger partial charge < -0.3 is 10.5 Å². The standard InChI is InChI=1S/C17H21N3OS/c1-21-14-6-2-4-13(12-14)5-3-9-20-10-7-15-16(8-11-20)22-17(18)19-15/h2-6,12H,7-11H2,1H3,(H2,18,19). The monoisotopic (exact) mass is 315 g/mol. The van der Waals surface area contributed by atoms with Crippen molar-refractivity contribution in [3.8, 4) is 5.75 Å². The Morgan fingerprint density at radius 3 is 3.09 bits per heavy atom. The highest BCUT2D eigenvalue weighted by Crippen LogP contribution is 2.24. The third-order valence-electron chi connectivity index (χ3n) is 3.88. The molecule has 0 aliphatic carbocycles. The number of anilines is 1. The molecule has 1 aliphatic rings. The van der Waals surface area contributed by atoms with Crippen LogP contribution in [0.3, 0.4) is 0 Å². The number of benzene rings is 1. The topological polar surface area (TPSA) is 51.4 Å². The summed E-state index contributed by atoms with van der Waals surface area (Å²) in [5.41, 5.74) is 8.15. The van der Waals surface area contributed by atoms with Crippen molar-refractivity contribution in [3.63, 3.8) is 0 Å². The maximum absolute atomic E-state index is 5.78. The smallest absolute Gasteiger partial charge is 0.180 e. The molecule has 0 saturated heterocycles. The van der Waals surface area contributed by atoms with E-state index in [2.05, 4.69) is 28.1 Å². The molecule has 0 radical (unpaired) electrons. The van der Waals surface area contributed by atoms with Gasteiger partial charge in [-0.15, -0.1) is 11.3 Å². The molecule has 0 fully saturated rings. The number of fused-ring (bicyclic) bond motifs is 1. The van der Waals surface area contributed by atoms with E-state index < -0.39 is 0 Å². The number of aromatic nitrogens is 1. The molecular weight excluding hydrogens is 294 g/mol. The zero-order valence-electron chi connectivity index (χ0n) is 12.8. The van der Waals surface area contributed by atoms with Crippen molar-refractivity contribution < 1.29 is 4.74 Å². The first-order valence-corrected chi connectivity index (χ1v) is 8.33. The molecule has 1 aromatic heterocycles. The van der Waals surface area contributed by atoms with Crippen molar-refractivity contribution in [1.82, 2.24) is 9.88 Å². The molecule has 0 atom stereocenters. The Labute approximate surface area is 135 Å². The summed E-state index contributed by atoms with van der Waals surface area (Å²) in [5.74, 6) is 0.894. The SMILES string of the molecule is COc1cccc(C=CCN2CCc3nc(N)sc3CC2)c1. The Kier molecular flexibility index (Phi) is 4.75. The Hall–Kier alpha value is -1.85. The van der Waals surface area contributed by atoms with Crippen molar-refractivity contribution in [2.24, 2.45) is 0 Å². The first kappa shape index (κ1) is 15.1. The summed E-state index contributed by atoms with van der Waals surface area (Å²) in [6.07, 6.45) is 6.42. The minimum absolute atomic E-state index is 0.705. The van der Waals surface area contributed by atoms with Crippen molar-refractivity contribution >= 4 is 22.5 Å². The van der Waals surface area contributed by atoms with Crippen molar-refractivity contribution in [2.45, 2.75) is 12.8 Å². The van der Waals surface area contributed by atoms with Crippen LogP contribution in [0.4, 0.5) is 5.13 Å². The minimum atomic E-state index is 0.705. The largest absolute Gasteiger partial charge is 0.497 e. The van der Waals surface area contributed by atoms with Crippen LogP contribution < -0.4 is 10.5 Å². The summed E-state index contributed by atoms with van der Waals surface area (Å²) in [5, 5.41) is 0.705. The molecule has 1 aromatic carbocycles. The van der Waals surface area contributed by atoms with Crippen LogP contribution in [0.1, 0.15) is 16.1 Å². The van der Waals surface area contributed by atoms with Crippen molar-refractivity contribution in [2.75, 3.05) is 32.5 Å². The maximum Gasteiger partial charge on any atom is 0.180 e. The Balaban J connectivity index is 1.56. The predicted octanol–water partition coefficient (Wildman–Crippen LogP) is 2.85. The number of hydrogen-bond acceptors (Lipinski definition) is 5. The van der Waals surface area contributed by atoms with Gasteiger partial charge in [-0.05, 0) is 24.1 Å². The molecule has 2 aromatic rings. The second kappa shape index (κ2) is 6.94. The number of nitrogens with two attached hydrogens (primary N) is 1. The van der Waals surface area contributed by atoms with Crippen LogP contribution in [0.2, 0.25) is 0 Å². The summed E-state index contributed by atoms with van der Waals surface area (Å²) < 4.78 is 5.24. The minimum Gasteiger partial charge on any atom is -0.497 e. The van der Waals surface area contributed by atoms with Gasteiger partial charge in [0.25, 0.3) is 0 Å². The molecule has 22 heavy (non-hydrogen) atoms. The van der Waals surface area contributed by atoms with Gasteiger partial charge in [-0.1, -0.05) is 24.3 Å². The first-order chi connectivity index (χ1) is 10.7.